The molecule has 8 nitrogen and oxygen atoms in total. The van der Waals surface area contributed by atoms with E-state index in [2.05, 4.69) is 25.9 Å². The summed E-state index contributed by atoms with van der Waals surface area (Å²) in [7, 11) is -1.69. The van der Waals surface area contributed by atoms with Crippen LogP contribution in [0, 0.1) is 6.92 Å². The van der Waals surface area contributed by atoms with Crippen LogP contribution in [0.4, 0.5) is 11.4 Å². The van der Waals surface area contributed by atoms with Gasteiger partial charge in [-0.1, -0.05) is 6.07 Å². The Morgan fingerprint density at radius 3 is 2.65 bits per heavy atom. The average molecular weight is 377 g/mol. The van der Waals surface area contributed by atoms with E-state index in [1.807, 2.05) is 25.1 Å². The molecule has 2 unspecified atom stereocenters. The van der Waals surface area contributed by atoms with Crippen molar-refractivity contribution in [1.29, 1.82) is 0 Å². The number of hydrogen-bond donors (Lipinski definition) is 4. The number of hydrogen-bond acceptors (Lipinski definition) is 7. The second-order valence-corrected chi connectivity index (χ2v) is 8.06. The predicted molar refractivity (Wildman–Crippen MR) is 101 cm³/mol. The number of ether oxygens (including phenoxy) is 1. The van der Waals surface area contributed by atoms with Crippen molar-refractivity contribution in [1.82, 2.24) is 15.8 Å². The highest BCUT2D eigenvalue weighted by molar-refractivity contribution is 7.92. The number of anilines is 2. The minimum Gasteiger partial charge on any atom is -0.481 e. The quantitative estimate of drug-likeness (QED) is 0.608. The van der Waals surface area contributed by atoms with E-state index in [1.54, 1.807) is 25.4 Å². The predicted octanol–water partition coefficient (Wildman–Crippen LogP) is 1.75. The molecule has 0 spiro atoms. The third kappa shape index (κ3) is 4.63. The fourth-order valence-electron chi connectivity index (χ4n) is 2.88. The summed E-state index contributed by atoms with van der Waals surface area (Å²) in [6, 6.07) is 9.38. The van der Waals surface area contributed by atoms with Gasteiger partial charge in [-0.05, 0) is 36.2 Å². The van der Waals surface area contributed by atoms with Gasteiger partial charge in [0, 0.05) is 30.1 Å². The molecule has 1 aliphatic rings. The van der Waals surface area contributed by atoms with Gasteiger partial charge < -0.3 is 10.1 Å². The number of aryl methyl sites for hydroxylation is 1. The molecule has 0 aliphatic carbocycles. The van der Waals surface area contributed by atoms with Gasteiger partial charge in [0.05, 0.1) is 25.6 Å². The summed E-state index contributed by atoms with van der Waals surface area (Å²) >= 11 is 0. The summed E-state index contributed by atoms with van der Waals surface area (Å²) in [5.74, 6) is 0.591. The zero-order valence-electron chi connectivity index (χ0n) is 14.9. The molecule has 1 aromatic carbocycles. The number of nitrogens with zero attached hydrogens (tertiary/aromatic N) is 1. The van der Waals surface area contributed by atoms with E-state index in [0.717, 1.165) is 29.5 Å². The largest absolute Gasteiger partial charge is 0.481 e. The third-order valence-electron chi connectivity index (χ3n) is 4.13. The van der Waals surface area contributed by atoms with E-state index < -0.39 is 10.0 Å². The van der Waals surface area contributed by atoms with Gasteiger partial charge in [-0.15, -0.1) is 0 Å². The lowest BCUT2D eigenvalue weighted by atomic mass is 10.1. The summed E-state index contributed by atoms with van der Waals surface area (Å²) < 4.78 is 30.2. The zero-order chi connectivity index (χ0) is 18.7. The maximum atomic E-state index is 11.3. The fraction of sp³-hybridized carbons (Fsp3) is 0.353. The molecule has 0 radical (unpaired) electrons. The van der Waals surface area contributed by atoms with Crippen molar-refractivity contribution in [3.63, 3.8) is 0 Å². The van der Waals surface area contributed by atoms with Crippen molar-refractivity contribution in [2.45, 2.75) is 25.6 Å². The van der Waals surface area contributed by atoms with E-state index >= 15 is 0 Å². The van der Waals surface area contributed by atoms with Crippen LogP contribution < -0.4 is 25.6 Å². The van der Waals surface area contributed by atoms with Crippen LogP contribution in [0.5, 0.6) is 5.88 Å². The van der Waals surface area contributed by atoms with Crippen LogP contribution in [-0.2, 0) is 10.0 Å². The minimum atomic E-state index is -3.28. The zero-order valence-corrected chi connectivity index (χ0v) is 15.7. The molecule has 2 heterocycles. The Morgan fingerprint density at radius 1 is 1.23 bits per heavy atom. The van der Waals surface area contributed by atoms with E-state index in [1.165, 1.54) is 0 Å². The Morgan fingerprint density at radius 2 is 2.04 bits per heavy atom. The maximum absolute atomic E-state index is 11.3. The van der Waals surface area contributed by atoms with Crippen LogP contribution in [0.1, 0.15) is 23.6 Å². The van der Waals surface area contributed by atoms with Crippen molar-refractivity contribution in [2.75, 3.05) is 23.4 Å². The molecule has 1 aromatic heterocycles. The van der Waals surface area contributed by atoms with Gasteiger partial charge in [0.1, 0.15) is 0 Å². The third-order valence-corrected chi connectivity index (χ3v) is 4.74. The summed E-state index contributed by atoms with van der Waals surface area (Å²) in [6.07, 6.45) is 3.81. The monoisotopic (exact) mass is 377 g/mol. The van der Waals surface area contributed by atoms with Crippen molar-refractivity contribution >= 4 is 21.4 Å². The molecule has 1 fully saturated rings. The molecular weight excluding hydrogens is 354 g/mol. The highest BCUT2D eigenvalue weighted by atomic mass is 32.2. The Balaban J connectivity index is 1.63. The summed E-state index contributed by atoms with van der Waals surface area (Å²) in [6.45, 7) is 1.93. The molecule has 9 heteroatoms. The minimum absolute atomic E-state index is 0.0366. The van der Waals surface area contributed by atoms with E-state index in [-0.39, 0.29) is 12.2 Å². The van der Waals surface area contributed by atoms with Gasteiger partial charge in [-0.3, -0.25) is 4.72 Å². The molecule has 2 aromatic rings. The van der Waals surface area contributed by atoms with Crippen molar-refractivity contribution < 1.29 is 13.2 Å². The molecule has 1 aliphatic heterocycles. The second-order valence-electron chi connectivity index (χ2n) is 6.31. The number of nitrogens with one attached hydrogen (secondary N) is 4. The van der Waals surface area contributed by atoms with Crippen LogP contribution in [-0.4, -0.2) is 32.9 Å². The lowest BCUT2D eigenvalue weighted by Crippen LogP contribution is -2.36. The number of hydrazine groups is 1. The van der Waals surface area contributed by atoms with Crippen LogP contribution in [0.25, 0.3) is 0 Å². The number of benzene rings is 1. The number of methoxy groups -OCH3 is 1. The van der Waals surface area contributed by atoms with Crippen LogP contribution in [0.3, 0.4) is 0 Å². The van der Waals surface area contributed by atoms with Gasteiger partial charge in [-0.25, -0.2) is 24.3 Å². The maximum Gasteiger partial charge on any atom is 0.229 e. The lowest BCUT2D eigenvalue weighted by molar-refractivity contribution is 0.397. The number of pyridine rings is 1. The molecule has 140 valence electrons. The van der Waals surface area contributed by atoms with Gasteiger partial charge in [0.15, 0.2) is 0 Å². The first-order chi connectivity index (χ1) is 12.3. The number of sulfonamides is 1. The highest BCUT2D eigenvalue weighted by Gasteiger charge is 2.25. The van der Waals surface area contributed by atoms with Crippen molar-refractivity contribution in [3.8, 4) is 5.88 Å². The topological polar surface area (TPSA) is 104 Å². The number of rotatable bonds is 6. The smallest absolute Gasteiger partial charge is 0.229 e. The normalized spacial score (nSPS) is 20.0. The molecule has 4 N–H and O–H groups in total. The first kappa shape index (κ1) is 18.4. The fourth-order valence-corrected chi connectivity index (χ4v) is 3.43. The Labute approximate surface area is 153 Å². The van der Waals surface area contributed by atoms with Crippen LogP contribution in [0.2, 0.25) is 0 Å². The molecule has 0 saturated carbocycles. The molecule has 2 atom stereocenters. The first-order valence-corrected chi connectivity index (χ1v) is 10.1. The number of aromatic nitrogens is 1. The SMILES string of the molecule is COc1ccc(C2CC(Nc3ccc(NS(C)(=O)=O)cc3C)NN2)cn1. The molecule has 3 rings (SSSR count). The van der Waals surface area contributed by atoms with Crippen molar-refractivity contribution in [3.05, 3.63) is 47.7 Å². The molecule has 0 amide bonds. The first-order valence-electron chi connectivity index (χ1n) is 8.20. The highest BCUT2D eigenvalue weighted by Crippen LogP contribution is 2.26. The molecule has 26 heavy (non-hydrogen) atoms. The van der Waals surface area contributed by atoms with Gasteiger partial charge in [0.25, 0.3) is 0 Å². The van der Waals surface area contributed by atoms with Crippen LogP contribution >= 0.6 is 0 Å². The summed E-state index contributed by atoms with van der Waals surface area (Å²) in [5, 5.41) is 3.43. The van der Waals surface area contributed by atoms with E-state index in [4.69, 9.17) is 4.74 Å². The van der Waals surface area contributed by atoms with E-state index in [0.29, 0.717) is 11.6 Å². The second kappa shape index (κ2) is 7.48. The molecule has 0 bridgehead atoms. The van der Waals surface area contributed by atoms with Gasteiger partial charge in [-0.2, -0.15) is 0 Å². The van der Waals surface area contributed by atoms with Crippen LogP contribution in [0.15, 0.2) is 36.5 Å². The molecule has 1 saturated heterocycles. The Hall–Kier alpha value is -2.36. The standard InChI is InChI=1S/C17H23N5O3S/c1-11-8-13(22-26(3,23)24)5-6-14(11)19-16-9-15(20-21-16)12-4-7-17(25-2)18-10-12/h4-8,10,15-16,19-22H,9H2,1-3H3. The summed E-state index contributed by atoms with van der Waals surface area (Å²) in [4.78, 5) is 4.24. The lowest BCUT2D eigenvalue weighted by Gasteiger charge is -2.16. The van der Waals surface area contributed by atoms with Gasteiger partial charge in [0.2, 0.25) is 15.9 Å². The van der Waals surface area contributed by atoms with Crippen molar-refractivity contribution in [2.24, 2.45) is 0 Å². The Kier molecular flexibility index (Phi) is 5.30. The Bertz CT molecular complexity index is 870. The van der Waals surface area contributed by atoms with E-state index in [9.17, 15) is 8.42 Å². The summed E-state index contributed by atoms with van der Waals surface area (Å²) in [5.41, 5.74) is 10.0. The van der Waals surface area contributed by atoms with Gasteiger partial charge >= 0.3 is 0 Å². The average Bonchev–Trinajstić information content (AvgIpc) is 3.05. The molecular formula is C17H23N5O3S.